The van der Waals surface area contributed by atoms with Crippen LogP contribution in [0.4, 0.5) is 4.39 Å². The summed E-state index contributed by atoms with van der Waals surface area (Å²) in [6.07, 6.45) is 0.774. The van der Waals surface area contributed by atoms with Gasteiger partial charge in [-0.25, -0.2) is 12.8 Å². The lowest BCUT2D eigenvalue weighted by atomic mass is 10.2. The van der Waals surface area contributed by atoms with Gasteiger partial charge in [-0.3, -0.25) is 0 Å². The van der Waals surface area contributed by atoms with E-state index in [2.05, 4.69) is 4.90 Å². The first kappa shape index (κ1) is 16.7. The molecule has 0 atom stereocenters. The van der Waals surface area contributed by atoms with E-state index in [1.165, 1.54) is 22.5 Å². The molecule has 0 amide bonds. The standard InChI is InChI=1S/C14H20ClFN2O2S/c1-12-11-13(16)3-4-14(12)21(19,20)18-7-2-6-17(8-5-15)9-10-18/h3-4,11H,2,5-10H2,1H3. The molecule has 1 aliphatic rings. The molecule has 1 saturated heterocycles. The molecular weight excluding hydrogens is 315 g/mol. The maximum Gasteiger partial charge on any atom is 0.243 e. The molecule has 1 aliphatic heterocycles. The van der Waals surface area contributed by atoms with Gasteiger partial charge in [0, 0.05) is 32.1 Å². The van der Waals surface area contributed by atoms with Crippen molar-refractivity contribution in [3.05, 3.63) is 29.6 Å². The Morgan fingerprint density at radius 3 is 2.67 bits per heavy atom. The largest absolute Gasteiger partial charge is 0.301 e. The third kappa shape index (κ3) is 3.94. The van der Waals surface area contributed by atoms with Crippen molar-refractivity contribution < 1.29 is 12.8 Å². The minimum Gasteiger partial charge on any atom is -0.301 e. The molecule has 0 aromatic heterocycles. The van der Waals surface area contributed by atoms with Crippen molar-refractivity contribution in [1.29, 1.82) is 0 Å². The molecule has 0 N–H and O–H groups in total. The van der Waals surface area contributed by atoms with Crippen LogP contribution in [0.3, 0.4) is 0 Å². The molecule has 0 spiro atoms. The van der Waals surface area contributed by atoms with Crippen LogP contribution in [0.15, 0.2) is 23.1 Å². The number of nitrogens with zero attached hydrogens (tertiary/aromatic N) is 2. The minimum atomic E-state index is -3.56. The summed E-state index contributed by atoms with van der Waals surface area (Å²) in [5.74, 6) is 0.125. The summed E-state index contributed by atoms with van der Waals surface area (Å²) in [6.45, 7) is 4.83. The van der Waals surface area contributed by atoms with Crippen LogP contribution in [-0.4, -0.2) is 56.2 Å². The van der Waals surface area contributed by atoms with Crippen molar-refractivity contribution >= 4 is 21.6 Å². The maximum absolute atomic E-state index is 13.2. The van der Waals surface area contributed by atoms with Gasteiger partial charge in [0.05, 0.1) is 4.90 Å². The molecule has 1 aromatic rings. The Morgan fingerprint density at radius 1 is 1.24 bits per heavy atom. The summed E-state index contributed by atoms with van der Waals surface area (Å²) in [6, 6.07) is 3.80. The van der Waals surface area contributed by atoms with E-state index in [0.717, 1.165) is 19.5 Å². The normalized spacial score (nSPS) is 18.6. The van der Waals surface area contributed by atoms with Gasteiger partial charge in [-0.1, -0.05) is 0 Å². The molecule has 0 unspecified atom stereocenters. The molecule has 0 bridgehead atoms. The first-order valence-electron chi connectivity index (χ1n) is 7.00. The average molecular weight is 335 g/mol. The number of halogens is 2. The van der Waals surface area contributed by atoms with Gasteiger partial charge in [0.2, 0.25) is 10.0 Å². The molecule has 0 aliphatic carbocycles. The fourth-order valence-electron chi connectivity index (χ4n) is 2.57. The predicted octanol–water partition coefficient (Wildman–Crippen LogP) is 2.07. The van der Waals surface area contributed by atoms with E-state index in [4.69, 9.17) is 11.6 Å². The zero-order chi connectivity index (χ0) is 15.5. The third-order valence-electron chi connectivity index (χ3n) is 3.70. The van der Waals surface area contributed by atoms with Crippen molar-refractivity contribution in [2.75, 3.05) is 38.6 Å². The summed E-state index contributed by atoms with van der Waals surface area (Å²) in [7, 11) is -3.56. The van der Waals surface area contributed by atoms with Crippen molar-refractivity contribution in [1.82, 2.24) is 9.21 Å². The van der Waals surface area contributed by atoms with Crippen molar-refractivity contribution in [2.24, 2.45) is 0 Å². The summed E-state index contributed by atoms with van der Waals surface area (Å²) in [4.78, 5) is 2.36. The van der Waals surface area contributed by atoms with Crippen LogP contribution in [0.2, 0.25) is 0 Å². The lowest BCUT2D eigenvalue weighted by Gasteiger charge is -2.22. The number of benzene rings is 1. The molecule has 21 heavy (non-hydrogen) atoms. The summed E-state index contributed by atoms with van der Waals surface area (Å²) < 4.78 is 40.0. The minimum absolute atomic E-state index is 0.190. The van der Waals surface area contributed by atoms with Gasteiger partial charge in [-0.05, 0) is 43.7 Å². The highest BCUT2D eigenvalue weighted by Crippen LogP contribution is 2.22. The Labute approximate surface area is 130 Å². The topological polar surface area (TPSA) is 40.6 Å². The Bertz CT molecular complexity index is 595. The summed E-state index contributed by atoms with van der Waals surface area (Å²) in [5.41, 5.74) is 0.442. The van der Waals surface area contributed by atoms with Gasteiger partial charge in [0.25, 0.3) is 0 Å². The van der Waals surface area contributed by atoms with Crippen molar-refractivity contribution in [3.8, 4) is 0 Å². The molecule has 4 nitrogen and oxygen atoms in total. The van der Waals surface area contributed by atoms with Crippen molar-refractivity contribution in [2.45, 2.75) is 18.2 Å². The number of aryl methyl sites for hydroxylation is 1. The molecule has 1 aromatic carbocycles. The Balaban J connectivity index is 2.19. The third-order valence-corrected chi connectivity index (χ3v) is 5.93. The van der Waals surface area contributed by atoms with Crippen molar-refractivity contribution in [3.63, 3.8) is 0 Å². The van der Waals surface area contributed by atoms with E-state index in [1.807, 2.05) is 0 Å². The fourth-order valence-corrected chi connectivity index (χ4v) is 4.49. The zero-order valence-electron chi connectivity index (χ0n) is 12.1. The molecule has 1 heterocycles. The lowest BCUT2D eigenvalue weighted by molar-refractivity contribution is 0.303. The number of rotatable bonds is 4. The van der Waals surface area contributed by atoms with Crippen LogP contribution in [0.25, 0.3) is 0 Å². The quantitative estimate of drug-likeness (QED) is 0.791. The molecule has 0 saturated carbocycles. The summed E-state index contributed by atoms with van der Waals surface area (Å²) in [5, 5.41) is 0. The molecule has 7 heteroatoms. The Kier molecular flexibility index (Phi) is 5.60. The monoisotopic (exact) mass is 334 g/mol. The van der Waals surface area contributed by atoms with Gasteiger partial charge in [-0.2, -0.15) is 4.31 Å². The van der Waals surface area contributed by atoms with E-state index >= 15 is 0 Å². The highest BCUT2D eigenvalue weighted by molar-refractivity contribution is 7.89. The molecular formula is C14H20ClFN2O2S. The highest BCUT2D eigenvalue weighted by atomic mass is 35.5. The second kappa shape index (κ2) is 7.05. The number of hydrogen-bond acceptors (Lipinski definition) is 3. The maximum atomic E-state index is 13.2. The van der Waals surface area contributed by atoms with E-state index in [-0.39, 0.29) is 4.90 Å². The predicted molar refractivity (Wildman–Crippen MR) is 81.7 cm³/mol. The van der Waals surface area contributed by atoms with Crippen LogP contribution in [0.1, 0.15) is 12.0 Å². The first-order chi connectivity index (χ1) is 9.95. The average Bonchev–Trinajstić information content (AvgIpc) is 2.65. The SMILES string of the molecule is Cc1cc(F)ccc1S(=O)(=O)N1CCCN(CCCl)CC1. The van der Waals surface area contributed by atoms with E-state index in [0.29, 0.717) is 31.1 Å². The second-order valence-corrected chi connectivity index (χ2v) is 7.48. The Hall–Kier alpha value is -0.690. The molecule has 2 rings (SSSR count). The van der Waals surface area contributed by atoms with E-state index < -0.39 is 15.8 Å². The van der Waals surface area contributed by atoms with Gasteiger partial charge >= 0.3 is 0 Å². The van der Waals surface area contributed by atoms with E-state index in [1.54, 1.807) is 6.92 Å². The number of alkyl halides is 1. The number of hydrogen-bond donors (Lipinski definition) is 0. The molecule has 1 fully saturated rings. The lowest BCUT2D eigenvalue weighted by Crippen LogP contribution is -2.36. The fraction of sp³-hybridized carbons (Fsp3) is 0.571. The highest BCUT2D eigenvalue weighted by Gasteiger charge is 2.28. The van der Waals surface area contributed by atoms with Gasteiger partial charge in [0.1, 0.15) is 5.82 Å². The molecule has 118 valence electrons. The van der Waals surface area contributed by atoms with Gasteiger partial charge in [0.15, 0.2) is 0 Å². The van der Waals surface area contributed by atoms with Crippen LogP contribution < -0.4 is 0 Å². The molecule has 0 radical (unpaired) electrons. The van der Waals surface area contributed by atoms with Gasteiger partial charge in [-0.15, -0.1) is 11.6 Å². The smallest absolute Gasteiger partial charge is 0.243 e. The van der Waals surface area contributed by atoms with Gasteiger partial charge < -0.3 is 4.90 Å². The summed E-state index contributed by atoms with van der Waals surface area (Å²) >= 11 is 5.74. The Morgan fingerprint density at radius 2 is 2.00 bits per heavy atom. The number of sulfonamides is 1. The first-order valence-corrected chi connectivity index (χ1v) is 8.97. The van der Waals surface area contributed by atoms with Crippen LogP contribution in [-0.2, 0) is 10.0 Å². The zero-order valence-corrected chi connectivity index (χ0v) is 13.6. The second-order valence-electron chi connectivity index (χ2n) is 5.20. The van der Waals surface area contributed by atoms with Crippen LogP contribution >= 0.6 is 11.6 Å². The van der Waals surface area contributed by atoms with Crippen LogP contribution in [0, 0.1) is 12.7 Å². The van der Waals surface area contributed by atoms with E-state index in [9.17, 15) is 12.8 Å². The van der Waals surface area contributed by atoms with Crippen LogP contribution in [0.5, 0.6) is 0 Å².